The number of thiophene rings is 1. The molecule has 3 aromatic heterocycles. The van der Waals surface area contributed by atoms with Gasteiger partial charge in [0.15, 0.2) is 10.6 Å². The van der Waals surface area contributed by atoms with Crippen LogP contribution < -0.4 is 0 Å². The zero-order valence-corrected chi connectivity index (χ0v) is 17.5. The Labute approximate surface area is 177 Å². The summed E-state index contributed by atoms with van der Waals surface area (Å²) in [5, 5.41) is 13.5. The second-order valence-corrected chi connectivity index (χ2v) is 7.94. The minimum atomic E-state index is 0.0395. The van der Waals surface area contributed by atoms with Gasteiger partial charge in [-0.15, -0.1) is 11.3 Å². The van der Waals surface area contributed by atoms with E-state index in [1.54, 1.807) is 29.5 Å². The monoisotopic (exact) mass is 424 g/mol. The molecule has 0 saturated carbocycles. The van der Waals surface area contributed by atoms with E-state index in [0.717, 1.165) is 22.0 Å². The maximum Gasteiger partial charge on any atom is 0.224 e. The van der Waals surface area contributed by atoms with Crippen LogP contribution in [-0.4, -0.2) is 42.4 Å². The molecule has 0 bridgehead atoms. The summed E-state index contributed by atoms with van der Waals surface area (Å²) in [6, 6.07) is 13.9. The first-order valence-corrected chi connectivity index (χ1v) is 10.4. The summed E-state index contributed by atoms with van der Waals surface area (Å²) < 4.78 is 4.21. The summed E-state index contributed by atoms with van der Waals surface area (Å²) in [6.07, 6.45) is 4.08. The largest absolute Gasteiger partial charge is 0.341 e. The highest BCUT2D eigenvalue weighted by Gasteiger charge is 2.14. The molecule has 7 nitrogen and oxygen atoms in total. The van der Waals surface area contributed by atoms with E-state index in [4.69, 9.17) is 12.2 Å². The molecule has 4 rings (SSSR count). The van der Waals surface area contributed by atoms with E-state index in [-0.39, 0.29) is 5.91 Å². The van der Waals surface area contributed by atoms with Crippen LogP contribution in [0.3, 0.4) is 0 Å². The lowest BCUT2D eigenvalue weighted by Gasteiger charge is -2.16. The summed E-state index contributed by atoms with van der Waals surface area (Å²) in [5.41, 5.74) is 1.96. The third kappa shape index (κ3) is 4.36. The average molecular weight is 425 g/mol. The highest BCUT2D eigenvalue weighted by atomic mass is 32.1. The predicted molar refractivity (Wildman–Crippen MR) is 115 cm³/mol. The Morgan fingerprint density at radius 1 is 1.24 bits per heavy atom. The third-order valence-electron chi connectivity index (χ3n) is 4.55. The Morgan fingerprint density at radius 2 is 2.07 bits per heavy atom. The minimum Gasteiger partial charge on any atom is -0.341 e. The Kier molecular flexibility index (Phi) is 5.68. The fraction of sp³-hybridized carbons (Fsp3) is 0.200. The standard InChI is InChI=1S/C20H20N6OS2/c1-24(13-15-12-21-26(14-15)16-6-3-2-4-7-16)18(27)9-10-25-19(22-23-20(25)28)17-8-5-11-29-17/h2-8,11-12,14H,9-10,13H2,1H3,(H,23,28). The lowest BCUT2D eigenvalue weighted by molar-refractivity contribution is -0.130. The van der Waals surface area contributed by atoms with Crippen LogP contribution in [0.5, 0.6) is 0 Å². The number of carbonyl (C=O) groups is 1. The van der Waals surface area contributed by atoms with Crippen molar-refractivity contribution >= 4 is 29.5 Å². The van der Waals surface area contributed by atoms with E-state index in [1.807, 2.05) is 63.3 Å². The number of aromatic nitrogens is 5. The normalized spacial score (nSPS) is 10.9. The summed E-state index contributed by atoms with van der Waals surface area (Å²) in [6.45, 7) is 0.981. The molecular formula is C20H20N6OS2. The van der Waals surface area contributed by atoms with Crippen LogP contribution in [0.15, 0.2) is 60.2 Å². The van der Waals surface area contributed by atoms with Gasteiger partial charge >= 0.3 is 0 Å². The van der Waals surface area contributed by atoms with Gasteiger partial charge in [-0.3, -0.25) is 14.5 Å². The van der Waals surface area contributed by atoms with Gasteiger partial charge in [0, 0.05) is 38.3 Å². The van der Waals surface area contributed by atoms with Crippen LogP contribution in [0.25, 0.3) is 16.4 Å². The minimum absolute atomic E-state index is 0.0395. The van der Waals surface area contributed by atoms with Crippen molar-refractivity contribution in [3.8, 4) is 16.4 Å². The van der Waals surface area contributed by atoms with Crippen molar-refractivity contribution in [1.82, 2.24) is 29.4 Å². The molecule has 1 N–H and O–H groups in total. The van der Waals surface area contributed by atoms with E-state index in [0.29, 0.717) is 24.3 Å². The van der Waals surface area contributed by atoms with Crippen LogP contribution in [0.4, 0.5) is 0 Å². The molecule has 0 saturated heterocycles. The first-order chi connectivity index (χ1) is 14.1. The molecule has 4 aromatic rings. The SMILES string of the molecule is CN(Cc1cnn(-c2ccccc2)c1)C(=O)CCn1c(-c2cccs2)n[nH]c1=S. The van der Waals surface area contributed by atoms with E-state index in [9.17, 15) is 4.79 Å². The van der Waals surface area contributed by atoms with Crippen molar-refractivity contribution in [3.63, 3.8) is 0 Å². The molecular weight excluding hydrogens is 404 g/mol. The van der Waals surface area contributed by atoms with Crippen LogP contribution in [0, 0.1) is 4.77 Å². The van der Waals surface area contributed by atoms with Gasteiger partial charge in [-0.1, -0.05) is 24.3 Å². The van der Waals surface area contributed by atoms with Crippen molar-refractivity contribution in [2.45, 2.75) is 19.5 Å². The summed E-state index contributed by atoms with van der Waals surface area (Å²) in [7, 11) is 1.80. The van der Waals surface area contributed by atoms with Crippen LogP contribution in [-0.2, 0) is 17.9 Å². The van der Waals surface area contributed by atoms with Crippen LogP contribution in [0.2, 0.25) is 0 Å². The summed E-state index contributed by atoms with van der Waals surface area (Å²) >= 11 is 6.92. The summed E-state index contributed by atoms with van der Waals surface area (Å²) in [5.74, 6) is 0.808. The molecule has 9 heteroatoms. The number of nitrogens with zero attached hydrogens (tertiary/aromatic N) is 5. The molecule has 29 heavy (non-hydrogen) atoms. The Balaban J connectivity index is 1.38. The molecule has 0 radical (unpaired) electrons. The van der Waals surface area contributed by atoms with Gasteiger partial charge in [0.2, 0.25) is 5.91 Å². The third-order valence-corrected chi connectivity index (χ3v) is 5.73. The van der Waals surface area contributed by atoms with Gasteiger partial charge in [-0.05, 0) is 35.8 Å². The topological polar surface area (TPSA) is 71.7 Å². The highest BCUT2D eigenvalue weighted by molar-refractivity contribution is 7.71. The van der Waals surface area contributed by atoms with Crippen LogP contribution >= 0.6 is 23.6 Å². The van der Waals surface area contributed by atoms with Gasteiger partial charge in [0.25, 0.3) is 0 Å². The zero-order chi connectivity index (χ0) is 20.2. The molecule has 148 valence electrons. The lowest BCUT2D eigenvalue weighted by atomic mass is 10.3. The van der Waals surface area contributed by atoms with Crippen molar-refractivity contribution in [2.24, 2.45) is 0 Å². The number of hydrogen-bond donors (Lipinski definition) is 1. The molecule has 0 aliphatic heterocycles. The number of para-hydroxylation sites is 1. The number of benzene rings is 1. The van der Waals surface area contributed by atoms with E-state index in [2.05, 4.69) is 15.3 Å². The Bertz CT molecular complexity index is 1140. The van der Waals surface area contributed by atoms with Gasteiger partial charge in [0.05, 0.1) is 16.8 Å². The Hall–Kier alpha value is -3.04. The number of nitrogens with one attached hydrogen (secondary N) is 1. The highest BCUT2D eigenvalue weighted by Crippen LogP contribution is 2.23. The van der Waals surface area contributed by atoms with Gasteiger partial charge in [-0.2, -0.15) is 10.2 Å². The predicted octanol–water partition coefficient (Wildman–Crippen LogP) is 3.90. The second kappa shape index (κ2) is 8.54. The van der Waals surface area contributed by atoms with Crippen molar-refractivity contribution < 1.29 is 4.79 Å². The zero-order valence-electron chi connectivity index (χ0n) is 15.9. The average Bonchev–Trinajstić information content (AvgIpc) is 3.48. The number of amides is 1. The molecule has 1 aromatic carbocycles. The smallest absolute Gasteiger partial charge is 0.224 e. The van der Waals surface area contributed by atoms with Crippen molar-refractivity contribution in [2.75, 3.05) is 7.05 Å². The molecule has 0 aliphatic carbocycles. The number of aromatic amines is 1. The Morgan fingerprint density at radius 3 is 2.83 bits per heavy atom. The molecule has 3 heterocycles. The van der Waals surface area contributed by atoms with Crippen molar-refractivity contribution in [1.29, 1.82) is 0 Å². The number of rotatable bonds is 7. The summed E-state index contributed by atoms with van der Waals surface area (Å²) in [4.78, 5) is 15.4. The number of carbonyl (C=O) groups excluding carboxylic acids is 1. The van der Waals surface area contributed by atoms with E-state index < -0.39 is 0 Å². The van der Waals surface area contributed by atoms with Gasteiger partial charge in [0.1, 0.15) is 0 Å². The maximum absolute atomic E-state index is 12.7. The fourth-order valence-electron chi connectivity index (χ4n) is 3.04. The maximum atomic E-state index is 12.7. The second-order valence-electron chi connectivity index (χ2n) is 6.61. The van der Waals surface area contributed by atoms with E-state index in [1.165, 1.54) is 0 Å². The quantitative estimate of drug-likeness (QED) is 0.457. The fourth-order valence-corrected chi connectivity index (χ4v) is 3.99. The molecule has 0 aliphatic rings. The first-order valence-electron chi connectivity index (χ1n) is 9.14. The molecule has 0 fully saturated rings. The van der Waals surface area contributed by atoms with Crippen molar-refractivity contribution in [3.05, 3.63) is 70.6 Å². The first kappa shape index (κ1) is 19.3. The molecule has 0 spiro atoms. The van der Waals surface area contributed by atoms with Crippen LogP contribution in [0.1, 0.15) is 12.0 Å². The molecule has 0 atom stereocenters. The van der Waals surface area contributed by atoms with Gasteiger partial charge in [-0.25, -0.2) is 4.68 Å². The molecule has 0 unspecified atom stereocenters. The molecule has 1 amide bonds. The lowest BCUT2D eigenvalue weighted by Crippen LogP contribution is -2.27. The number of H-pyrrole nitrogens is 1. The number of hydrogen-bond acceptors (Lipinski definition) is 5. The van der Waals surface area contributed by atoms with Gasteiger partial charge < -0.3 is 4.90 Å². The van der Waals surface area contributed by atoms with E-state index >= 15 is 0 Å².